The third kappa shape index (κ3) is 3.20. The number of nitrogens with one attached hydrogen (secondary N) is 1. The molecule has 1 aromatic heterocycles. The van der Waals surface area contributed by atoms with Crippen molar-refractivity contribution in [3.63, 3.8) is 0 Å². The van der Waals surface area contributed by atoms with E-state index in [2.05, 4.69) is 10.3 Å². The molecule has 30 heavy (non-hydrogen) atoms. The molecule has 0 saturated carbocycles. The van der Waals surface area contributed by atoms with Crippen LogP contribution in [-0.2, 0) is 6.54 Å². The molecule has 0 spiro atoms. The van der Waals surface area contributed by atoms with E-state index in [1.54, 1.807) is 18.2 Å². The Morgan fingerprint density at radius 1 is 1.03 bits per heavy atom. The molecule has 5 rings (SSSR count). The topological polar surface area (TPSA) is 62.3 Å². The van der Waals surface area contributed by atoms with Crippen molar-refractivity contribution in [3.8, 4) is 11.3 Å². The highest BCUT2D eigenvalue weighted by atomic mass is 19.3. The SMILES string of the molecule is O=C1NCc2nc(-c3cccc4cc(C(=O)N5CCC(F)(F)CC5)ccc34)ccc21. The zero-order chi connectivity index (χ0) is 20.9. The molecule has 0 unspecified atom stereocenters. The van der Waals surface area contributed by atoms with Crippen LogP contribution in [0.3, 0.4) is 0 Å². The summed E-state index contributed by atoms with van der Waals surface area (Å²) < 4.78 is 26.8. The van der Waals surface area contributed by atoms with E-state index in [1.165, 1.54) is 4.90 Å². The van der Waals surface area contributed by atoms with Gasteiger partial charge in [0.05, 0.1) is 23.5 Å². The molecule has 2 aromatic carbocycles. The number of carbonyl (C=O) groups is 2. The molecule has 0 bridgehead atoms. The van der Waals surface area contributed by atoms with Crippen molar-refractivity contribution >= 4 is 22.6 Å². The summed E-state index contributed by atoms with van der Waals surface area (Å²) in [7, 11) is 0. The summed E-state index contributed by atoms with van der Waals surface area (Å²) in [4.78, 5) is 30.7. The number of nitrogens with zero attached hydrogens (tertiary/aromatic N) is 2. The van der Waals surface area contributed by atoms with E-state index in [9.17, 15) is 18.4 Å². The van der Waals surface area contributed by atoms with Crippen molar-refractivity contribution in [2.24, 2.45) is 0 Å². The van der Waals surface area contributed by atoms with Crippen molar-refractivity contribution in [2.45, 2.75) is 25.3 Å². The number of likely N-dealkylation sites (tertiary alicyclic amines) is 1. The van der Waals surface area contributed by atoms with Gasteiger partial charge in [0, 0.05) is 37.1 Å². The second-order valence-electron chi connectivity index (χ2n) is 7.76. The lowest BCUT2D eigenvalue weighted by atomic mass is 9.98. The predicted molar refractivity (Wildman–Crippen MR) is 108 cm³/mol. The zero-order valence-corrected chi connectivity index (χ0v) is 16.1. The highest BCUT2D eigenvalue weighted by molar-refractivity contribution is 6.03. The Morgan fingerprint density at radius 3 is 2.63 bits per heavy atom. The van der Waals surface area contributed by atoms with Crippen molar-refractivity contribution < 1.29 is 18.4 Å². The molecule has 0 atom stereocenters. The second-order valence-corrected chi connectivity index (χ2v) is 7.76. The molecule has 3 aromatic rings. The van der Waals surface area contributed by atoms with Crippen LogP contribution in [0, 0.1) is 0 Å². The van der Waals surface area contributed by atoms with Crippen LogP contribution in [-0.4, -0.2) is 40.7 Å². The molecule has 2 aliphatic rings. The van der Waals surface area contributed by atoms with Gasteiger partial charge in [-0.3, -0.25) is 14.6 Å². The van der Waals surface area contributed by atoms with E-state index in [0.29, 0.717) is 17.7 Å². The van der Waals surface area contributed by atoms with Gasteiger partial charge in [-0.05, 0) is 35.0 Å². The summed E-state index contributed by atoms with van der Waals surface area (Å²) >= 11 is 0. The van der Waals surface area contributed by atoms with E-state index >= 15 is 0 Å². The number of fused-ring (bicyclic) bond motifs is 2. The van der Waals surface area contributed by atoms with Crippen LogP contribution in [0.5, 0.6) is 0 Å². The predicted octanol–water partition coefficient (Wildman–Crippen LogP) is 4.02. The van der Waals surface area contributed by atoms with E-state index in [4.69, 9.17) is 0 Å². The monoisotopic (exact) mass is 407 g/mol. The minimum Gasteiger partial charge on any atom is -0.346 e. The molecule has 1 fully saturated rings. The number of rotatable bonds is 2. The number of alkyl halides is 2. The Bertz CT molecular complexity index is 1180. The van der Waals surface area contributed by atoms with E-state index in [-0.39, 0.29) is 37.7 Å². The minimum absolute atomic E-state index is 0.0652. The summed E-state index contributed by atoms with van der Waals surface area (Å²) in [5.74, 6) is -3.02. The first-order valence-electron chi connectivity index (χ1n) is 9.90. The molecule has 2 aliphatic heterocycles. The highest BCUT2D eigenvalue weighted by Crippen LogP contribution is 2.31. The van der Waals surface area contributed by atoms with E-state index < -0.39 is 5.92 Å². The number of aromatic nitrogens is 1. The third-order valence-electron chi connectivity index (χ3n) is 5.82. The average Bonchev–Trinajstić information content (AvgIpc) is 3.12. The first-order chi connectivity index (χ1) is 14.4. The fourth-order valence-corrected chi connectivity index (χ4v) is 4.11. The molecule has 152 valence electrons. The standard InChI is InChI=1S/C23H19F2N3O2/c24-23(25)8-10-28(11-9-23)22(30)15-4-5-16-14(12-15)2-1-3-17(16)19-7-6-18-20(27-19)13-26-21(18)29/h1-7,12H,8-11,13H2,(H,26,29). The molecule has 2 amide bonds. The maximum Gasteiger partial charge on any atom is 0.253 e. The van der Waals surface area contributed by atoms with Gasteiger partial charge >= 0.3 is 0 Å². The summed E-state index contributed by atoms with van der Waals surface area (Å²) in [5, 5.41) is 4.57. The zero-order valence-electron chi connectivity index (χ0n) is 16.1. The first-order valence-corrected chi connectivity index (χ1v) is 9.90. The fourth-order valence-electron chi connectivity index (χ4n) is 4.11. The van der Waals surface area contributed by atoms with E-state index in [0.717, 1.165) is 27.7 Å². The number of carbonyl (C=O) groups excluding carboxylic acids is 2. The maximum atomic E-state index is 13.4. The van der Waals surface area contributed by atoms with Crippen molar-refractivity contribution in [2.75, 3.05) is 13.1 Å². The second kappa shape index (κ2) is 6.86. The molecular weight excluding hydrogens is 388 g/mol. The summed E-state index contributed by atoms with van der Waals surface area (Å²) in [6.45, 7) is 0.547. The number of pyridine rings is 1. The number of halogens is 2. The van der Waals surface area contributed by atoms with Gasteiger partial charge in [0.1, 0.15) is 0 Å². The van der Waals surface area contributed by atoms with Crippen LogP contribution in [0.15, 0.2) is 48.5 Å². The molecule has 1 N–H and O–H groups in total. The largest absolute Gasteiger partial charge is 0.346 e. The van der Waals surface area contributed by atoms with Gasteiger partial charge in [-0.25, -0.2) is 8.78 Å². The van der Waals surface area contributed by atoms with Crippen molar-refractivity contribution in [1.82, 2.24) is 15.2 Å². The van der Waals surface area contributed by atoms with Gasteiger partial charge in [-0.15, -0.1) is 0 Å². The normalized spacial score (nSPS) is 17.7. The van der Waals surface area contributed by atoms with Gasteiger partial charge < -0.3 is 10.2 Å². The molecule has 0 aliphatic carbocycles. The lowest BCUT2D eigenvalue weighted by molar-refractivity contribution is -0.0494. The average molecular weight is 407 g/mol. The number of hydrogen-bond donors (Lipinski definition) is 1. The number of hydrogen-bond acceptors (Lipinski definition) is 3. The van der Waals surface area contributed by atoms with Crippen LogP contribution in [0.2, 0.25) is 0 Å². The van der Waals surface area contributed by atoms with Crippen LogP contribution in [0.4, 0.5) is 8.78 Å². The number of piperidine rings is 1. The molecule has 0 radical (unpaired) electrons. The first kappa shape index (κ1) is 18.7. The van der Waals surface area contributed by atoms with Gasteiger partial charge in [0.15, 0.2) is 0 Å². The van der Waals surface area contributed by atoms with E-state index in [1.807, 2.05) is 30.3 Å². The molecule has 5 nitrogen and oxygen atoms in total. The minimum atomic E-state index is -2.68. The van der Waals surface area contributed by atoms with Gasteiger partial charge in [-0.2, -0.15) is 0 Å². The van der Waals surface area contributed by atoms with Gasteiger partial charge in [-0.1, -0.05) is 24.3 Å². The fraction of sp³-hybridized carbons (Fsp3) is 0.261. The number of amides is 2. The Hall–Kier alpha value is -3.35. The summed E-state index contributed by atoms with van der Waals surface area (Å²) in [6.07, 6.45) is -0.588. The number of benzene rings is 2. The Kier molecular flexibility index (Phi) is 4.27. The molecule has 1 saturated heterocycles. The van der Waals surface area contributed by atoms with Crippen molar-refractivity contribution in [1.29, 1.82) is 0 Å². The lowest BCUT2D eigenvalue weighted by Gasteiger charge is -2.31. The Morgan fingerprint density at radius 2 is 1.83 bits per heavy atom. The van der Waals surface area contributed by atoms with Gasteiger partial charge in [0.2, 0.25) is 0 Å². The van der Waals surface area contributed by atoms with Gasteiger partial charge in [0.25, 0.3) is 17.7 Å². The van der Waals surface area contributed by atoms with Crippen LogP contribution >= 0.6 is 0 Å². The lowest BCUT2D eigenvalue weighted by Crippen LogP contribution is -2.42. The Labute approximate surface area is 171 Å². The molecule has 7 heteroatoms. The van der Waals surface area contributed by atoms with Crippen LogP contribution in [0.1, 0.15) is 39.3 Å². The highest BCUT2D eigenvalue weighted by Gasteiger charge is 2.35. The molecule has 3 heterocycles. The quantitative estimate of drug-likeness (QED) is 0.698. The maximum absolute atomic E-state index is 13.4. The van der Waals surface area contributed by atoms with Crippen molar-refractivity contribution in [3.05, 3.63) is 65.4 Å². The Balaban J connectivity index is 1.47. The van der Waals surface area contributed by atoms with Crippen LogP contribution < -0.4 is 5.32 Å². The molecular formula is C23H19F2N3O2. The van der Waals surface area contributed by atoms with Crippen LogP contribution in [0.25, 0.3) is 22.0 Å². The summed E-state index contributed by atoms with van der Waals surface area (Å²) in [6, 6.07) is 14.8. The smallest absolute Gasteiger partial charge is 0.253 e. The summed E-state index contributed by atoms with van der Waals surface area (Å²) in [5.41, 5.74) is 3.48. The third-order valence-corrected chi connectivity index (χ3v) is 5.82.